The van der Waals surface area contributed by atoms with Gasteiger partial charge in [0.1, 0.15) is 0 Å². The molecule has 208 valence electrons. The Balaban J connectivity index is 1.81. The van der Waals surface area contributed by atoms with Gasteiger partial charge >= 0.3 is 17.8 Å². The standard InChI is InChI=1S/C29H26F6S4/c1-15-23(19-9-7-17(5-3-11-36)13-21(19)38-15)25-26(28(32,33)29(34,35)27(25,30)31)24-16(2)39-22-14-18(6-4-12-37)8-10-20(22)24/h7-10,13-14,36-37H,3-6,11-12H2,1-2H3. The lowest BCUT2D eigenvalue weighted by Gasteiger charge is -2.26. The van der Waals surface area contributed by atoms with Crippen LogP contribution in [0.4, 0.5) is 26.3 Å². The molecule has 0 saturated heterocycles. The molecule has 0 atom stereocenters. The molecule has 2 aromatic heterocycles. The van der Waals surface area contributed by atoms with Gasteiger partial charge in [0.2, 0.25) is 0 Å². The summed E-state index contributed by atoms with van der Waals surface area (Å²) in [5, 5.41) is 0.554. The molecule has 4 aromatic rings. The van der Waals surface area contributed by atoms with Gasteiger partial charge in [0.05, 0.1) is 0 Å². The molecule has 0 amide bonds. The Morgan fingerprint density at radius 1 is 0.641 bits per heavy atom. The largest absolute Gasteiger partial charge is 0.380 e. The van der Waals surface area contributed by atoms with Crippen LogP contribution in [0.2, 0.25) is 0 Å². The number of allylic oxidation sites excluding steroid dienone is 2. The first-order chi connectivity index (χ1) is 18.4. The van der Waals surface area contributed by atoms with Crippen molar-refractivity contribution >= 4 is 79.2 Å². The van der Waals surface area contributed by atoms with Crippen molar-refractivity contribution in [3.8, 4) is 0 Å². The average molecular weight is 617 g/mol. The Kier molecular flexibility index (Phi) is 7.66. The van der Waals surface area contributed by atoms with Gasteiger partial charge < -0.3 is 0 Å². The highest BCUT2D eigenvalue weighted by Gasteiger charge is 2.80. The van der Waals surface area contributed by atoms with Crippen molar-refractivity contribution in [2.45, 2.75) is 57.3 Å². The molecule has 0 nitrogen and oxygen atoms in total. The van der Waals surface area contributed by atoms with Crippen LogP contribution in [-0.2, 0) is 12.8 Å². The Morgan fingerprint density at radius 3 is 1.38 bits per heavy atom. The van der Waals surface area contributed by atoms with Gasteiger partial charge in [0.15, 0.2) is 0 Å². The summed E-state index contributed by atoms with van der Waals surface area (Å²) >= 11 is 10.7. The zero-order valence-corrected chi connectivity index (χ0v) is 24.6. The van der Waals surface area contributed by atoms with E-state index in [1.165, 1.54) is 13.8 Å². The summed E-state index contributed by atoms with van der Waals surface area (Å²) in [6.45, 7) is 3.05. The lowest BCUT2D eigenvalue weighted by atomic mass is 9.91. The molecular weight excluding hydrogens is 591 g/mol. The quantitative estimate of drug-likeness (QED) is 0.143. The number of thiophene rings is 2. The van der Waals surface area contributed by atoms with Gasteiger partial charge in [-0.15, -0.1) is 22.7 Å². The van der Waals surface area contributed by atoms with E-state index in [1.807, 2.05) is 12.1 Å². The molecule has 0 radical (unpaired) electrons. The number of benzene rings is 2. The normalized spacial score (nSPS) is 18.1. The summed E-state index contributed by atoms with van der Waals surface area (Å²) in [5.74, 6) is -14.4. The fraction of sp³-hybridized carbons (Fsp3) is 0.379. The predicted octanol–water partition coefficient (Wildman–Crippen LogP) is 10.3. The third kappa shape index (κ3) is 4.44. The molecule has 0 spiro atoms. The van der Waals surface area contributed by atoms with Gasteiger partial charge in [-0.1, -0.05) is 24.3 Å². The molecule has 0 N–H and O–H groups in total. The Labute approximate surface area is 241 Å². The molecule has 0 saturated carbocycles. The highest BCUT2D eigenvalue weighted by Crippen LogP contribution is 2.67. The van der Waals surface area contributed by atoms with Crippen LogP contribution in [0.25, 0.3) is 31.3 Å². The molecule has 0 aliphatic heterocycles. The molecule has 0 fully saturated rings. The fourth-order valence-electron chi connectivity index (χ4n) is 5.41. The number of aryl methyl sites for hydroxylation is 4. The number of hydrogen-bond donors (Lipinski definition) is 2. The lowest BCUT2D eigenvalue weighted by molar-refractivity contribution is -0.254. The van der Waals surface area contributed by atoms with Crippen molar-refractivity contribution in [1.82, 2.24) is 0 Å². The SMILES string of the molecule is Cc1sc2cc(CCCS)ccc2c1C1=C(c2c(C)sc3cc(CCCS)ccc23)C(F)(F)C(F)(F)C1(F)F. The van der Waals surface area contributed by atoms with Crippen molar-refractivity contribution in [3.63, 3.8) is 0 Å². The second kappa shape index (κ2) is 10.3. The molecule has 0 bridgehead atoms. The van der Waals surface area contributed by atoms with Gasteiger partial charge in [0.25, 0.3) is 0 Å². The van der Waals surface area contributed by atoms with Crippen molar-refractivity contribution in [1.29, 1.82) is 0 Å². The summed E-state index contributed by atoms with van der Waals surface area (Å²) < 4.78 is 94.1. The first-order valence-corrected chi connectivity index (χ1v) is 15.4. The van der Waals surface area contributed by atoms with Crippen molar-refractivity contribution in [3.05, 3.63) is 68.4 Å². The van der Waals surface area contributed by atoms with E-state index in [0.29, 0.717) is 43.5 Å². The third-order valence-corrected chi connectivity index (χ3v) is 10.0. The molecule has 10 heteroatoms. The summed E-state index contributed by atoms with van der Waals surface area (Å²) in [6, 6.07) is 10.3. The fourth-order valence-corrected chi connectivity index (χ4v) is 8.00. The van der Waals surface area contributed by atoms with E-state index in [1.54, 1.807) is 24.3 Å². The monoisotopic (exact) mass is 616 g/mol. The maximum Gasteiger partial charge on any atom is 0.380 e. The maximum absolute atomic E-state index is 15.7. The van der Waals surface area contributed by atoms with Crippen molar-refractivity contribution in [2.24, 2.45) is 0 Å². The molecule has 1 aliphatic rings. The van der Waals surface area contributed by atoms with Gasteiger partial charge in [0, 0.05) is 52.2 Å². The second-order valence-corrected chi connectivity index (χ2v) is 13.3. The summed E-state index contributed by atoms with van der Waals surface area (Å²) in [5.41, 5.74) is -1.10. The van der Waals surface area contributed by atoms with E-state index < -0.39 is 28.9 Å². The number of alkyl halides is 6. The van der Waals surface area contributed by atoms with E-state index >= 15 is 26.3 Å². The topological polar surface area (TPSA) is 0 Å². The molecule has 1 aliphatic carbocycles. The van der Waals surface area contributed by atoms with Gasteiger partial charge in [-0.05, 0) is 74.3 Å². The van der Waals surface area contributed by atoms with E-state index in [4.69, 9.17) is 0 Å². The highest BCUT2D eigenvalue weighted by atomic mass is 32.1. The van der Waals surface area contributed by atoms with Crippen LogP contribution in [0, 0.1) is 13.8 Å². The van der Waals surface area contributed by atoms with Crippen LogP contribution in [0.5, 0.6) is 0 Å². The minimum atomic E-state index is -5.59. The van der Waals surface area contributed by atoms with Crippen LogP contribution in [0.1, 0.15) is 44.8 Å². The van der Waals surface area contributed by atoms with Crippen LogP contribution in [0.3, 0.4) is 0 Å². The number of thiol groups is 2. The van der Waals surface area contributed by atoms with Crippen LogP contribution in [-0.4, -0.2) is 29.3 Å². The van der Waals surface area contributed by atoms with Crippen molar-refractivity contribution in [2.75, 3.05) is 11.5 Å². The van der Waals surface area contributed by atoms with Crippen LogP contribution >= 0.6 is 47.9 Å². The first-order valence-electron chi connectivity index (χ1n) is 12.5. The maximum atomic E-state index is 15.7. The minimum absolute atomic E-state index is 0.225. The molecule has 2 heterocycles. The molecule has 39 heavy (non-hydrogen) atoms. The summed E-state index contributed by atoms with van der Waals surface area (Å²) in [4.78, 5) is 0.589. The van der Waals surface area contributed by atoms with E-state index in [9.17, 15) is 0 Å². The zero-order chi connectivity index (χ0) is 28.3. The summed E-state index contributed by atoms with van der Waals surface area (Å²) in [6.07, 6.45) is 3.03. The number of fused-ring (bicyclic) bond motifs is 2. The van der Waals surface area contributed by atoms with Gasteiger partial charge in [-0.3, -0.25) is 0 Å². The Morgan fingerprint density at radius 2 is 1.03 bits per heavy atom. The first kappa shape index (κ1) is 28.9. The predicted molar refractivity (Wildman–Crippen MR) is 159 cm³/mol. The second-order valence-electron chi connectivity index (χ2n) is 9.86. The van der Waals surface area contributed by atoms with E-state index in [2.05, 4.69) is 25.3 Å². The minimum Gasteiger partial charge on any atom is -0.194 e. The zero-order valence-electron chi connectivity index (χ0n) is 21.2. The molecule has 5 rings (SSSR count). The average Bonchev–Trinajstić information content (AvgIpc) is 3.40. The number of hydrogen-bond acceptors (Lipinski definition) is 4. The Bertz CT molecular complexity index is 1480. The number of halogens is 6. The van der Waals surface area contributed by atoms with Gasteiger partial charge in [-0.25, -0.2) is 0 Å². The number of rotatable bonds is 8. The van der Waals surface area contributed by atoms with E-state index in [-0.39, 0.29) is 21.9 Å². The third-order valence-electron chi connectivity index (χ3n) is 7.27. The Hall–Kier alpha value is -1.62. The molecule has 2 aromatic carbocycles. The molecular formula is C29H26F6S4. The smallest absolute Gasteiger partial charge is 0.194 e. The molecule has 0 unspecified atom stereocenters. The summed E-state index contributed by atoms with van der Waals surface area (Å²) in [7, 11) is 0. The van der Waals surface area contributed by atoms with Crippen molar-refractivity contribution < 1.29 is 26.3 Å². The van der Waals surface area contributed by atoms with Crippen LogP contribution in [0.15, 0.2) is 36.4 Å². The highest BCUT2D eigenvalue weighted by molar-refractivity contribution is 7.80. The van der Waals surface area contributed by atoms with Crippen LogP contribution < -0.4 is 0 Å². The lowest BCUT2D eigenvalue weighted by Crippen LogP contribution is -2.48. The van der Waals surface area contributed by atoms with Gasteiger partial charge in [-0.2, -0.15) is 51.6 Å². The van der Waals surface area contributed by atoms with E-state index in [0.717, 1.165) is 46.6 Å².